The monoisotopic (exact) mass is 180 g/mol. The molecule has 0 fully saturated rings. The van der Waals surface area contributed by atoms with Crippen molar-refractivity contribution in [2.45, 2.75) is 0 Å². The average molecular weight is 181 g/mol. The van der Waals surface area contributed by atoms with Gasteiger partial charge in [0.05, 0.1) is 10.7 Å². The number of hydrogen-bond acceptors (Lipinski definition) is 3. The molecule has 0 aliphatic heterocycles. The van der Waals surface area contributed by atoms with Crippen LogP contribution < -0.4 is 5.73 Å². The Kier molecular flexibility index (Phi) is 2.67. The first-order valence-corrected chi connectivity index (χ1v) is 3.48. The van der Waals surface area contributed by atoms with Crippen LogP contribution in [0.3, 0.4) is 0 Å². The molecule has 12 heavy (non-hydrogen) atoms. The smallest absolute Gasteiger partial charge is 0.193 e. The Bertz CT molecular complexity index is 365. The first-order valence-electron chi connectivity index (χ1n) is 3.10. The van der Waals surface area contributed by atoms with Gasteiger partial charge in [-0.05, 0) is 17.9 Å². The molecule has 0 aromatic carbocycles. The lowest BCUT2D eigenvalue weighted by molar-refractivity contribution is -0.103. The predicted octanol–water partition coefficient (Wildman–Crippen LogP) is 0.868. The highest BCUT2D eigenvalue weighted by Gasteiger charge is 1.96. The third-order valence-corrected chi connectivity index (χ3v) is 1.34. The largest absolute Gasteiger partial charge is 0.396 e. The summed E-state index contributed by atoms with van der Waals surface area (Å²) in [7, 11) is 0. The van der Waals surface area contributed by atoms with Gasteiger partial charge in [-0.25, -0.2) is 4.98 Å². The number of halogens is 1. The summed E-state index contributed by atoms with van der Waals surface area (Å²) in [4.78, 5) is 13.7. The molecule has 0 saturated carbocycles. The van der Waals surface area contributed by atoms with Gasteiger partial charge in [0, 0.05) is 6.20 Å². The van der Waals surface area contributed by atoms with E-state index in [-0.39, 0.29) is 0 Å². The second-order valence-corrected chi connectivity index (χ2v) is 2.41. The molecule has 1 aromatic heterocycles. The van der Waals surface area contributed by atoms with Gasteiger partial charge >= 0.3 is 0 Å². The molecular formula is C8H5ClN2O. The standard InChI is InChI=1S/C8H5ClN2O/c9-6-4-7(10)8(11-5-6)2-1-3-12/h3-5H,10H2. The fourth-order valence-corrected chi connectivity index (χ4v) is 0.824. The van der Waals surface area contributed by atoms with E-state index in [4.69, 9.17) is 17.3 Å². The van der Waals surface area contributed by atoms with E-state index in [9.17, 15) is 4.79 Å². The number of nitrogens with zero attached hydrogens (tertiary/aromatic N) is 1. The summed E-state index contributed by atoms with van der Waals surface area (Å²) in [6, 6.07) is 1.53. The number of pyridine rings is 1. The number of anilines is 1. The number of nitrogen functional groups attached to an aromatic ring is 1. The number of carbonyl (C=O) groups is 1. The zero-order valence-corrected chi connectivity index (χ0v) is 6.80. The van der Waals surface area contributed by atoms with Gasteiger partial charge in [-0.2, -0.15) is 0 Å². The van der Waals surface area contributed by atoms with Crippen LogP contribution in [0.2, 0.25) is 5.02 Å². The van der Waals surface area contributed by atoms with Crippen molar-refractivity contribution >= 4 is 23.6 Å². The molecule has 2 N–H and O–H groups in total. The van der Waals surface area contributed by atoms with E-state index in [1.807, 2.05) is 0 Å². The van der Waals surface area contributed by atoms with Crippen LogP contribution in [0.25, 0.3) is 0 Å². The minimum absolute atomic E-state index is 0.367. The highest BCUT2D eigenvalue weighted by Crippen LogP contribution is 2.13. The molecule has 0 aliphatic rings. The second-order valence-electron chi connectivity index (χ2n) is 1.98. The molecule has 0 saturated heterocycles. The topological polar surface area (TPSA) is 56.0 Å². The maximum absolute atomic E-state index is 9.89. The Balaban J connectivity index is 3.09. The zero-order valence-electron chi connectivity index (χ0n) is 6.04. The van der Waals surface area contributed by atoms with Crippen LogP contribution in [0, 0.1) is 11.8 Å². The zero-order chi connectivity index (χ0) is 8.97. The molecule has 1 heterocycles. The summed E-state index contributed by atoms with van der Waals surface area (Å²) >= 11 is 5.59. The second kappa shape index (κ2) is 3.74. The number of hydrogen-bond donors (Lipinski definition) is 1. The van der Waals surface area contributed by atoms with E-state index >= 15 is 0 Å². The molecule has 3 nitrogen and oxygen atoms in total. The number of aldehydes is 1. The van der Waals surface area contributed by atoms with Crippen LogP contribution in [0.1, 0.15) is 5.69 Å². The van der Waals surface area contributed by atoms with Crippen LogP contribution >= 0.6 is 11.6 Å². The molecule has 0 spiro atoms. The lowest BCUT2D eigenvalue weighted by atomic mass is 10.3. The van der Waals surface area contributed by atoms with Gasteiger partial charge in [0.15, 0.2) is 6.29 Å². The van der Waals surface area contributed by atoms with Crippen molar-refractivity contribution in [1.29, 1.82) is 0 Å². The van der Waals surface area contributed by atoms with E-state index in [2.05, 4.69) is 16.8 Å². The fraction of sp³-hybridized carbons (Fsp3) is 0. The predicted molar refractivity (Wildman–Crippen MR) is 46.6 cm³/mol. The average Bonchev–Trinajstić information content (AvgIpc) is 2.03. The Morgan fingerprint density at radius 2 is 2.42 bits per heavy atom. The van der Waals surface area contributed by atoms with Crippen molar-refractivity contribution in [3.63, 3.8) is 0 Å². The summed E-state index contributed by atoms with van der Waals surface area (Å²) in [6.07, 6.45) is 1.91. The van der Waals surface area contributed by atoms with Crippen LogP contribution in [0.5, 0.6) is 0 Å². The Labute approximate surface area is 74.5 Å². The van der Waals surface area contributed by atoms with E-state index in [0.29, 0.717) is 22.7 Å². The molecule has 4 heteroatoms. The van der Waals surface area contributed by atoms with Crippen LogP contribution in [-0.4, -0.2) is 11.3 Å². The highest BCUT2D eigenvalue weighted by molar-refractivity contribution is 6.30. The molecule has 60 valence electrons. The maximum atomic E-state index is 9.89. The summed E-state index contributed by atoms with van der Waals surface area (Å²) in [5.74, 6) is 4.69. The van der Waals surface area contributed by atoms with E-state index < -0.39 is 0 Å². The summed E-state index contributed by atoms with van der Waals surface area (Å²) in [5, 5.41) is 0.448. The number of aromatic nitrogens is 1. The minimum Gasteiger partial charge on any atom is -0.396 e. The molecule has 1 aromatic rings. The van der Waals surface area contributed by atoms with E-state index in [1.54, 1.807) is 0 Å². The lowest BCUT2D eigenvalue weighted by Gasteiger charge is -1.95. The molecule has 0 unspecified atom stereocenters. The van der Waals surface area contributed by atoms with Crippen molar-refractivity contribution in [2.75, 3.05) is 5.73 Å². The van der Waals surface area contributed by atoms with Gasteiger partial charge in [0.25, 0.3) is 0 Å². The van der Waals surface area contributed by atoms with Gasteiger partial charge in [0.2, 0.25) is 0 Å². The first-order chi connectivity index (χ1) is 5.74. The van der Waals surface area contributed by atoms with Crippen molar-refractivity contribution < 1.29 is 4.79 Å². The van der Waals surface area contributed by atoms with E-state index in [0.717, 1.165) is 0 Å². The van der Waals surface area contributed by atoms with Crippen LogP contribution in [-0.2, 0) is 4.79 Å². The fourth-order valence-electron chi connectivity index (χ4n) is 0.657. The van der Waals surface area contributed by atoms with Gasteiger partial charge < -0.3 is 5.73 Å². The van der Waals surface area contributed by atoms with Crippen LogP contribution in [0.4, 0.5) is 5.69 Å². The summed E-state index contributed by atoms with van der Waals surface area (Å²) in [6.45, 7) is 0. The molecule has 0 amide bonds. The molecule has 0 aliphatic carbocycles. The highest BCUT2D eigenvalue weighted by atomic mass is 35.5. The molecule has 0 atom stereocenters. The third kappa shape index (κ3) is 1.97. The van der Waals surface area contributed by atoms with Crippen molar-refractivity contribution in [1.82, 2.24) is 4.98 Å². The summed E-state index contributed by atoms with van der Waals surface area (Å²) in [5.41, 5.74) is 6.24. The number of nitrogens with two attached hydrogens (primary N) is 1. The van der Waals surface area contributed by atoms with Crippen molar-refractivity contribution in [3.05, 3.63) is 23.0 Å². The van der Waals surface area contributed by atoms with E-state index in [1.165, 1.54) is 12.3 Å². The third-order valence-electron chi connectivity index (χ3n) is 1.13. The molecule has 0 radical (unpaired) electrons. The quantitative estimate of drug-likeness (QED) is 0.476. The molecule has 1 rings (SSSR count). The number of rotatable bonds is 0. The number of carbonyl (C=O) groups excluding carboxylic acids is 1. The Morgan fingerprint density at radius 3 is 3.00 bits per heavy atom. The maximum Gasteiger partial charge on any atom is 0.193 e. The summed E-state index contributed by atoms with van der Waals surface area (Å²) < 4.78 is 0. The first kappa shape index (κ1) is 8.57. The van der Waals surface area contributed by atoms with Crippen LogP contribution in [0.15, 0.2) is 12.3 Å². The van der Waals surface area contributed by atoms with Gasteiger partial charge in [-0.1, -0.05) is 11.6 Å². The lowest BCUT2D eigenvalue weighted by Crippen LogP contribution is -1.92. The minimum atomic E-state index is 0.367. The van der Waals surface area contributed by atoms with Gasteiger partial charge in [-0.15, -0.1) is 0 Å². The SMILES string of the molecule is Nc1cc(Cl)cnc1C#CC=O. The Hall–Kier alpha value is -1.53. The Morgan fingerprint density at radius 1 is 1.67 bits per heavy atom. The van der Waals surface area contributed by atoms with Crippen molar-refractivity contribution in [2.24, 2.45) is 0 Å². The molecular weight excluding hydrogens is 176 g/mol. The normalized spacial score (nSPS) is 8.42. The van der Waals surface area contributed by atoms with Gasteiger partial charge in [-0.3, -0.25) is 4.79 Å². The van der Waals surface area contributed by atoms with Gasteiger partial charge in [0.1, 0.15) is 5.69 Å². The van der Waals surface area contributed by atoms with Crippen molar-refractivity contribution in [3.8, 4) is 11.8 Å². The molecule has 0 bridgehead atoms.